The third-order valence-electron chi connectivity index (χ3n) is 2.53. The molecule has 1 aliphatic rings. The van der Waals surface area contributed by atoms with Gasteiger partial charge in [-0.3, -0.25) is 0 Å². The van der Waals surface area contributed by atoms with Gasteiger partial charge >= 0.3 is 0 Å². The predicted octanol–water partition coefficient (Wildman–Crippen LogP) is 3.05. The molecule has 1 fully saturated rings. The highest BCUT2D eigenvalue weighted by Crippen LogP contribution is 2.27. The van der Waals surface area contributed by atoms with Crippen LogP contribution >= 0.6 is 0 Å². The fraction of sp³-hybridized carbons (Fsp3) is 0.583. The summed E-state index contributed by atoms with van der Waals surface area (Å²) in [5, 5.41) is 0. The van der Waals surface area contributed by atoms with Crippen molar-refractivity contribution in [2.75, 3.05) is 0 Å². The van der Waals surface area contributed by atoms with Crippen molar-refractivity contribution >= 4 is 0 Å². The molecule has 76 valence electrons. The van der Waals surface area contributed by atoms with Crippen LogP contribution < -0.4 is 4.74 Å². The van der Waals surface area contributed by atoms with Gasteiger partial charge in [-0.1, -0.05) is 19.9 Å². The normalized spacial score (nSPS) is 16.0. The van der Waals surface area contributed by atoms with E-state index in [0.717, 1.165) is 11.6 Å². The zero-order valence-electron chi connectivity index (χ0n) is 9.08. The first-order chi connectivity index (χ1) is 6.66. The van der Waals surface area contributed by atoms with Gasteiger partial charge in [-0.2, -0.15) is 0 Å². The van der Waals surface area contributed by atoms with E-state index in [1.807, 2.05) is 6.07 Å². The smallest absolute Gasteiger partial charge is 0.213 e. The maximum Gasteiger partial charge on any atom is 0.213 e. The number of aromatic nitrogens is 1. The maximum absolute atomic E-state index is 5.63. The molecule has 2 nitrogen and oxygen atoms in total. The molecule has 1 aromatic rings. The summed E-state index contributed by atoms with van der Waals surface area (Å²) in [4.78, 5) is 4.45. The molecule has 0 radical (unpaired) electrons. The van der Waals surface area contributed by atoms with Crippen molar-refractivity contribution in [3.63, 3.8) is 0 Å². The van der Waals surface area contributed by atoms with Gasteiger partial charge < -0.3 is 4.74 Å². The third-order valence-corrected chi connectivity index (χ3v) is 2.53. The van der Waals surface area contributed by atoms with E-state index >= 15 is 0 Å². The molecular formula is C12H17NO. The number of hydrogen-bond acceptors (Lipinski definition) is 2. The Bertz CT molecular complexity index is 329. The van der Waals surface area contributed by atoms with Crippen molar-refractivity contribution in [2.24, 2.45) is 0 Å². The molecule has 2 rings (SSSR count). The van der Waals surface area contributed by atoms with Gasteiger partial charge in [-0.15, -0.1) is 0 Å². The van der Waals surface area contributed by atoms with E-state index in [1.54, 1.807) is 0 Å². The molecule has 2 heteroatoms. The second-order valence-electron chi connectivity index (χ2n) is 4.30. The Kier molecular flexibility index (Phi) is 2.44. The Balaban J connectivity index is 2.16. The van der Waals surface area contributed by atoms with Crippen LogP contribution in [0.4, 0.5) is 0 Å². The summed E-state index contributed by atoms with van der Waals surface area (Å²) in [5.74, 6) is 1.33. The standard InChI is InChI=1S/C12H17NO/c1-8(2)11-6-7-12(13-9(11)3)14-10-4-5-10/h6-8,10H,4-5H2,1-3H3. The highest BCUT2D eigenvalue weighted by atomic mass is 16.5. The second kappa shape index (κ2) is 3.60. The molecule has 14 heavy (non-hydrogen) atoms. The van der Waals surface area contributed by atoms with Crippen LogP contribution in [-0.2, 0) is 0 Å². The molecule has 0 unspecified atom stereocenters. The summed E-state index contributed by atoms with van der Waals surface area (Å²) in [5.41, 5.74) is 2.41. The van der Waals surface area contributed by atoms with Crippen LogP contribution in [0.25, 0.3) is 0 Å². The highest BCUT2D eigenvalue weighted by molar-refractivity contribution is 5.27. The summed E-state index contributed by atoms with van der Waals surface area (Å²) < 4.78 is 5.63. The molecule has 0 bridgehead atoms. The van der Waals surface area contributed by atoms with Gasteiger partial charge in [-0.25, -0.2) is 4.98 Å². The molecule has 1 aliphatic carbocycles. The van der Waals surface area contributed by atoms with Gasteiger partial charge in [0.05, 0.1) is 0 Å². The van der Waals surface area contributed by atoms with Gasteiger partial charge in [0.25, 0.3) is 0 Å². The van der Waals surface area contributed by atoms with E-state index in [4.69, 9.17) is 4.74 Å². The number of nitrogens with zero attached hydrogens (tertiary/aromatic N) is 1. The molecule has 0 atom stereocenters. The van der Waals surface area contributed by atoms with E-state index in [1.165, 1.54) is 18.4 Å². The first-order valence-corrected chi connectivity index (χ1v) is 5.31. The quantitative estimate of drug-likeness (QED) is 0.732. The molecule has 1 aromatic heterocycles. The molecule has 0 aromatic carbocycles. The van der Waals surface area contributed by atoms with Crippen LogP contribution in [0.5, 0.6) is 5.88 Å². The Hall–Kier alpha value is -1.05. The molecule has 1 saturated carbocycles. The van der Waals surface area contributed by atoms with E-state index in [0.29, 0.717) is 12.0 Å². The van der Waals surface area contributed by atoms with Crippen LogP contribution in [-0.4, -0.2) is 11.1 Å². The van der Waals surface area contributed by atoms with Gasteiger partial charge in [-0.05, 0) is 31.2 Å². The van der Waals surface area contributed by atoms with Gasteiger partial charge in [0.2, 0.25) is 5.88 Å². The highest BCUT2D eigenvalue weighted by Gasteiger charge is 2.24. The average molecular weight is 191 g/mol. The SMILES string of the molecule is Cc1nc(OC2CC2)ccc1C(C)C. The number of rotatable bonds is 3. The maximum atomic E-state index is 5.63. The summed E-state index contributed by atoms with van der Waals surface area (Å²) in [7, 11) is 0. The minimum atomic E-state index is 0.437. The molecule has 0 N–H and O–H groups in total. The molecule has 1 heterocycles. The summed E-state index contributed by atoms with van der Waals surface area (Å²) in [6.07, 6.45) is 2.81. The number of aryl methyl sites for hydroxylation is 1. The summed E-state index contributed by atoms with van der Waals surface area (Å²) >= 11 is 0. The zero-order chi connectivity index (χ0) is 10.1. The van der Waals surface area contributed by atoms with Crippen LogP contribution in [0.2, 0.25) is 0 Å². The average Bonchev–Trinajstić information content (AvgIpc) is 2.87. The lowest BCUT2D eigenvalue weighted by molar-refractivity contribution is 0.290. The zero-order valence-corrected chi connectivity index (χ0v) is 9.08. The Labute approximate surface area is 85.3 Å². The topological polar surface area (TPSA) is 22.1 Å². The molecular weight excluding hydrogens is 174 g/mol. The largest absolute Gasteiger partial charge is 0.474 e. The van der Waals surface area contributed by atoms with Gasteiger partial charge in [0, 0.05) is 11.8 Å². The van der Waals surface area contributed by atoms with Crippen molar-refractivity contribution in [1.82, 2.24) is 4.98 Å². The second-order valence-corrected chi connectivity index (χ2v) is 4.30. The fourth-order valence-corrected chi connectivity index (χ4v) is 1.58. The Morgan fingerprint density at radius 1 is 1.36 bits per heavy atom. The van der Waals surface area contributed by atoms with Crippen LogP contribution in [0.3, 0.4) is 0 Å². The molecule has 0 amide bonds. The van der Waals surface area contributed by atoms with Crippen molar-refractivity contribution in [2.45, 2.75) is 45.6 Å². The molecule has 0 saturated heterocycles. The number of pyridine rings is 1. The van der Waals surface area contributed by atoms with Gasteiger partial charge in [0.15, 0.2) is 0 Å². The van der Waals surface area contributed by atoms with E-state index < -0.39 is 0 Å². The first-order valence-electron chi connectivity index (χ1n) is 5.31. The van der Waals surface area contributed by atoms with Crippen molar-refractivity contribution in [3.8, 4) is 5.88 Å². The van der Waals surface area contributed by atoms with Crippen molar-refractivity contribution < 1.29 is 4.74 Å². The monoisotopic (exact) mass is 191 g/mol. The number of ether oxygens (including phenoxy) is 1. The lowest BCUT2D eigenvalue weighted by Crippen LogP contribution is -2.01. The van der Waals surface area contributed by atoms with Crippen LogP contribution in [0.1, 0.15) is 43.9 Å². The minimum Gasteiger partial charge on any atom is -0.474 e. The Morgan fingerprint density at radius 2 is 2.07 bits per heavy atom. The lowest BCUT2D eigenvalue weighted by atomic mass is 10.0. The minimum absolute atomic E-state index is 0.437. The van der Waals surface area contributed by atoms with Crippen molar-refractivity contribution in [3.05, 3.63) is 23.4 Å². The summed E-state index contributed by atoms with van der Waals surface area (Å²) in [6.45, 7) is 6.42. The molecule has 0 spiro atoms. The van der Waals surface area contributed by atoms with Gasteiger partial charge in [0.1, 0.15) is 6.10 Å². The van der Waals surface area contributed by atoms with Crippen LogP contribution in [0.15, 0.2) is 12.1 Å². The Morgan fingerprint density at radius 3 is 2.57 bits per heavy atom. The van der Waals surface area contributed by atoms with Crippen molar-refractivity contribution in [1.29, 1.82) is 0 Å². The number of hydrogen-bond donors (Lipinski definition) is 0. The third kappa shape index (κ3) is 2.06. The first kappa shape index (κ1) is 9.50. The fourth-order valence-electron chi connectivity index (χ4n) is 1.58. The predicted molar refractivity (Wildman–Crippen MR) is 56.7 cm³/mol. The van der Waals surface area contributed by atoms with Crippen LogP contribution in [0, 0.1) is 6.92 Å². The van der Waals surface area contributed by atoms with E-state index in [9.17, 15) is 0 Å². The summed E-state index contributed by atoms with van der Waals surface area (Å²) in [6, 6.07) is 4.12. The van der Waals surface area contributed by atoms with E-state index in [2.05, 4.69) is 31.8 Å². The lowest BCUT2D eigenvalue weighted by Gasteiger charge is -2.10. The molecule has 0 aliphatic heterocycles. The van der Waals surface area contributed by atoms with E-state index in [-0.39, 0.29) is 0 Å².